The molecule has 0 amide bonds. The molecule has 0 fully saturated rings. The highest BCUT2D eigenvalue weighted by Crippen LogP contribution is 2.02. The van der Waals surface area contributed by atoms with Crippen LogP contribution in [0.4, 0.5) is 0 Å². The predicted octanol–water partition coefficient (Wildman–Crippen LogP) is 1.48. The fourth-order valence-corrected chi connectivity index (χ4v) is 0.976. The molecule has 1 aromatic heterocycles. The van der Waals surface area contributed by atoms with E-state index in [-0.39, 0.29) is 0 Å². The molecular weight excluding hydrogens is 168 g/mol. The van der Waals surface area contributed by atoms with Crippen molar-refractivity contribution in [2.45, 2.75) is 27.1 Å². The second-order valence-corrected chi connectivity index (χ2v) is 2.66. The number of ether oxygens (including phenoxy) is 2. The largest absolute Gasteiger partial charge is 0.375 e. The molecule has 0 spiro atoms. The summed E-state index contributed by atoms with van der Waals surface area (Å²) in [5, 5.41) is 6.97. The van der Waals surface area contributed by atoms with Gasteiger partial charge in [-0.1, -0.05) is 0 Å². The van der Waals surface area contributed by atoms with Gasteiger partial charge in [0.25, 0.3) is 0 Å². The van der Waals surface area contributed by atoms with Crippen molar-refractivity contribution >= 4 is 0 Å². The smallest absolute Gasteiger partial charge is 0.0906 e. The van der Waals surface area contributed by atoms with E-state index in [1.807, 2.05) is 19.9 Å². The van der Waals surface area contributed by atoms with E-state index in [2.05, 4.69) is 10.2 Å². The van der Waals surface area contributed by atoms with E-state index in [0.29, 0.717) is 19.8 Å². The van der Waals surface area contributed by atoms with Crippen LogP contribution in [0.15, 0.2) is 6.07 Å². The highest BCUT2D eigenvalue weighted by atomic mass is 16.5. The summed E-state index contributed by atoms with van der Waals surface area (Å²) in [5.41, 5.74) is 1.92. The summed E-state index contributed by atoms with van der Waals surface area (Å²) in [6.07, 6.45) is 0. The van der Waals surface area contributed by atoms with Crippen LogP contribution in [0.5, 0.6) is 0 Å². The molecule has 1 rings (SSSR count). The van der Waals surface area contributed by atoms with Gasteiger partial charge in [0.15, 0.2) is 0 Å². The van der Waals surface area contributed by atoms with E-state index >= 15 is 0 Å². The van der Waals surface area contributed by atoms with Crippen molar-refractivity contribution in [3.8, 4) is 0 Å². The standard InChI is InChI=1S/C9H16N2O2/c1-3-12-6-8-5-9(11-10-8)7-13-4-2/h5H,3-4,6-7H2,1-2H3,(H,10,11). The van der Waals surface area contributed by atoms with Gasteiger partial charge < -0.3 is 9.47 Å². The van der Waals surface area contributed by atoms with Crippen molar-refractivity contribution in [2.75, 3.05) is 13.2 Å². The lowest BCUT2D eigenvalue weighted by molar-refractivity contribution is 0.130. The first-order valence-electron chi connectivity index (χ1n) is 4.55. The predicted molar refractivity (Wildman–Crippen MR) is 49.2 cm³/mol. The number of H-pyrrole nitrogens is 1. The van der Waals surface area contributed by atoms with Gasteiger partial charge in [0.1, 0.15) is 0 Å². The highest BCUT2D eigenvalue weighted by Gasteiger charge is 1.99. The van der Waals surface area contributed by atoms with E-state index in [0.717, 1.165) is 18.0 Å². The van der Waals surface area contributed by atoms with Gasteiger partial charge in [0.05, 0.1) is 24.6 Å². The fourth-order valence-electron chi connectivity index (χ4n) is 0.976. The first kappa shape index (κ1) is 10.2. The molecular formula is C9H16N2O2. The Morgan fingerprint density at radius 1 is 1.23 bits per heavy atom. The zero-order valence-electron chi connectivity index (χ0n) is 8.17. The lowest BCUT2D eigenvalue weighted by Gasteiger charge is -1.95. The van der Waals surface area contributed by atoms with Crippen molar-refractivity contribution in [1.82, 2.24) is 10.2 Å². The van der Waals surface area contributed by atoms with Crippen LogP contribution in [0.1, 0.15) is 25.2 Å². The molecule has 0 unspecified atom stereocenters. The van der Waals surface area contributed by atoms with Crippen LogP contribution < -0.4 is 0 Å². The number of aromatic amines is 1. The highest BCUT2D eigenvalue weighted by molar-refractivity contribution is 5.06. The first-order chi connectivity index (χ1) is 6.36. The molecule has 0 bridgehead atoms. The fraction of sp³-hybridized carbons (Fsp3) is 0.667. The van der Waals surface area contributed by atoms with Crippen molar-refractivity contribution in [1.29, 1.82) is 0 Å². The molecule has 1 N–H and O–H groups in total. The number of nitrogens with one attached hydrogen (secondary N) is 1. The molecule has 0 aliphatic heterocycles. The molecule has 13 heavy (non-hydrogen) atoms. The Morgan fingerprint density at radius 3 is 2.62 bits per heavy atom. The molecule has 4 nitrogen and oxygen atoms in total. The Hall–Kier alpha value is -0.870. The average Bonchev–Trinajstić information content (AvgIpc) is 2.59. The number of rotatable bonds is 6. The summed E-state index contributed by atoms with van der Waals surface area (Å²) in [5.74, 6) is 0. The lowest BCUT2D eigenvalue weighted by atomic mass is 10.4. The third-order valence-electron chi connectivity index (χ3n) is 1.60. The lowest BCUT2D eigenvalue weighted by Crippen LogP contribution is -1.91. The maximum Gasteiger partial charge on any atom is 0.0906 e. The van der Waals surface area contributed by atoms with Gasteiger partial charge in [-0.25, -0.2) is 0 Å². The number of aromatic nitrogens is 2. The Balaban J connectivity index is 2.34. The molecule has 0 aliphatic carbocycles. The summed E-state index contributed by atoms with van der Waals surface area (Å²) in [6.45, 7) is 6.54. The molecule has 0 atom stereocenters. The Bertz CT molecular complexity index is 213. The van der Waals surface area contributed by atoms with Crippen molar-refractivity contribution < 1.29 is 9.47 Å². The molecule has 0 radical (unpaired) electrons. The van der Waals surface area contributed by atoms with Crippen LogP contribution >= 0.6 is 0 Å². The minimum absolute atomic E-state index is 0.569. The Morgan fingerprint density at radius 2 is 1.92 bits per heavy atom. The summed E-state index contributed by atoms with van der Waals surface area (Å²) in [6, 6.07) is 1.96. The van der Waals surface area contributed by atoms with E-state index < -0.39 is 0 Å². The molecule has 74 valence electrons. The molecule has 0 aromatic carbocycles. The molecule has 1 aromatic rings. The molecule has 1 heterocycles. The molecule has 0 saturated carbocycles. The average molecular weight is 184 g/mol. The maximum absolute atomic E-state index is 5.23. The quantitative estimate of drug-likeness (QED) is 0.728. The Labute approximate surface area is 78.2 Å². The SMILES string of the molecule is CCOCc1cc(COCC)[nH]n1. The van der Waals surface area contributed by atoms with Gasteiger partial charge in [-0.3, -0.25) is 5.10 Å². The maximum atomic E-state index is 5.23. The number of hydrogen-bond donors (Lipinski definition) is 1. The van der Waals surface area contributed by atoms with Gasteiger partial charge in [-0.05, 0) is 19.9 Å². The normalized spacial score (nSPS) is 10.6. The van der Waals surface area contributed by atoms with E-state index in [9.17, 15) is 0 Å². The monoisotopic (exact) mass is 184 g/mol. The molecule has 4 heteroatoms. The van der Waals surface area contributed by atoms with E-state index in [1.54, 1.807) is 0 Å². The van der Waals surface area contributed by atoms with Gasteiger partial charge in [0.2, 0.25) is 0 Å². The van der Waals surface area contributed by atoms with E-state index in [1.165, 1.54) is 0 Å². The van der Waals surface area contributed by atoms with Crippen LogP contribution in [0.3, 0.4) is 0 Å². The van der Waals surface area contributed by atoms with Crippen LogP contribution in [-0.2, 0) is 22.7 Å². The van der Waals surface area contributed by atoms with Crippen LogP contribution in [0, 0.1) is 0 Å². The van der Waals surface area contributed by atoms with Gasteiger partial charge in [-0.2, -0.15) is 5.10 Å². The second-order valence-electron chi connectivity index (χ2n) is 2.66. The number of nitrogens with zero attached hydrogens (tertiary/aromatic N) is 1. The van der Waals surface area contributed by atoms with Crippen molar-refractivity contribution in [2.24, 2.45) is 0 Å². The summed E-state index contributed by atoms with van der Waals surface area (Å²) < 4.78 is 10.4. The zero-order chi connectivity index (χ0) is 9.52. The topological polar surface area (TPSA) is 47.1 Å². The van der Waals surface area contributed by atoms with Gasteiger partial charge in [0, 0.05) is 13.2 Å². The van der Waals surface area contributed by atoms with Gasteiger partial charge >= 0.3 is 0 Å². The molecule has 0 saturated heterocycles. The van der Waals surface area contributed by atoms with Crippen LogP contribution in [0.25, 0.3) is 0 Å². The molecule has 0 aliphatic rings. The Kier molecular flexibility index (Phi) is 4.49. The van der Waals surface area contributed by atoms with Crippen molar-refractivity contribution in [3.05, 3.63) is 17.5 Å². The van der Waals surface area contributed by atoms with Crippen molar-refractivity contribution in [3.63, 3.8) is 0 Å². The number of hydrogen-bond acceptors (Lipinski definition) is 3. The minimum atomic E-state index is 0.569. The van der Waals surface area contributed by atoms with Crippen LogP contribution in [-0.4, -0.2) is 23.4 Å². The summed E-state index contributed by atoms with van der Waals surface area (Å²) >= 11 is 0. The first-order valence-corrected chi connectivity index (χ1v) is 4.55. The third kappa shape index (κ3) is 3.57. The minimum Gasteiger partial charge on any atom is -0.375 e. The van der Waals surface area contributed by atoms with Gasteiger partial charge in [-0.15, -0.1) is 0 Å². The second kappa shape index (κ2) is 5.72. The third-order valence-corrected chi connectivity index (χ3v) is 1.60. The zero-order valence-corrected chi connectivity index (χ0v) is 8.17. The summed E-state index contributed by atoms with van der Waals surface area (Å²) in [4.78, 5) is 0. The van der Waals surface area contributed by atoms with Crippen LogP contribution in [0.2, 0.25) is 0 Å². The van der Waals surface area contributed by atoms with E-state index in [4.69, 9.17) is 9.47 Å². The summed E-state index contributed by atoms with van der Waals surface area (Å²) in [7, 11) is 0.